The average molecular weight is 211 g/mol. The molecule has 0 rings (SSSR count). The summed E-state index contributed by atoms with van der Waals surface area (Å²) >= 11 is 0. The fraction of sp³-hybridized carbons (Fsp3) is 0.556. The van der Waals surface area contributed by atoms with Crippen molar-refractivity contribution in [3.05, 3.63) is 24.8 Å². The summed E-state index contributed by atoms with van der Waals surface area (Å²) in [5.41, 5.74) is 1.02. The van der Waals surface area contributed by atoms with Crippen molar-refractivity contribution in [2.24, 2.45) is 5.41 Å². The van der Waals surface area contributed by atoms with E-state index in [1.807, 2.05) is 0 Å². The molecule has 0 bridgehead atoms. The third kappa shape index (κ3) is 8.58. The third-order valence-electron chi connectivity index (χ3n) is 0.949. The first-order valence-electron chi connectivity index (χ1n) is 3.12. The molecule has 0 atom stereocenters. The van der Waals surface area contributed by atoms with Crippen LogP contribution in [0.5, 0.6) is 0 Å². The molecule has 0 saturated carbocycles. The summed E-state index contributed by atoms with van der Waals surface area (Å²) in [4.78, 5) is 0. The Balaban J connectivity index is 0. The molecule has 0 aromatic rings. The van der Waals surface area contributed by atoms with E-state index in [2.05, 4.69) is 20.8 Å². The van der Waals surface area contributed by atoms with E-state index in [0.717, 1.165) is 12.0 Å². The van der Waals surface area contributed by atoms with Gasteiger partial charge in [0.15, 0.2) is 0 Å². The van der Waals surface area contributed by atoms with Gasteiger partial charge in [0.1, 0.15) is 0 Å². The van der Waals surface area contributed by atoms with Crippen LogP contribution in [0, 0.1) is 18.6 Å². The Morgan fingerprint density at radius 2 is 1.80 bits per heavy atom. The molecule has 0 saturated heterocycles. The molecule has 0 nitrogen and oxygen atoms in total. The summed E-state index contributed by atoms with van der Waals surface area (Å²) in [7, 11) is 0. The van der Waals surface area contributed by atoms with E-state index in [9.17, 15) is 0 Å². The molecule has 0 aliphatic carbocycles. The molecule has 0 amide bonds. The standard InChI is InChI=1S/C9H14.Y/c1-6-8(2)7-9(3,4)5;/h1-2,6H,7H2,3-5H3;/q-2;. The molecule has 0 fully saturated rings. The van der Waals surface area contributed by atoms with Crippen LogP contribution < -0.4 is 0 Å². The zero-order valence-corrected chi connectivity index (χ0v) is 9.85. The Morgan fingerprint density at radius 1 is 1.40 bits per heavy atom. The fourth-order valence-electron chi connectivity index (χ4n) is 0.671. The first-order valence-corrected chi connectivity index (χ1v) is 3.12. The fourth-order valence-corrected chi connectivity index (χ4v) is 0.671. The van der Waals surface area contributed by atoms with Crippen molar-refractivity contribution in [3.63, 3.8) is 0 Å². The molecule has 55 valence electrons. The van der Waals surface area contributed by atoms with Crippen molar-refractivity contribution in [3.8, 4) is 0 Å². The number of rotatable bonds is 2. The van der Waals surface area contributed by atoms with Crippen molar-refractivity contribution >= 4 is 0 Å². The second kappa shape index (κ2) is 5.26. The van der Waals surface area contributed by atoms with Crippen molar-refractivity contribution in [2.45, 2.75) is 27.2 Å². The van der Waals surface area contributed by atoms with Crippen molar-refractivity contribution < 1.29 is 32.7 Å². The van der Waals surface area contributed by atoms with Crippen LogP contribution in [-0.4, -0.2) is 0 Å². The van der Waals surface area contributed by atoms with Crippen LogP contribution >= 0.6 is 0 Å². The molecule has 0 aromatic heterocycles. The van der Waals surface area contributed by atoms with Gasteiger partial charge in [0.05, 0.1) is 0 Å². The van der Waals surface area contributed by atoms with E-state index >= 15 is 0 Å². The van der Waals surface area contributed by atoms with Crippen molar-refractivity contribution in [2.75, 3.05) is 0 Å². The Bertz CT molecular complexity index is 117. The minimum absolute atomic E-state index is 0. The van der Waals surface area contributed by atoms with E-state index in [4.69, 9.17) is 13.2 Å². The maximum atomic E-state index is 5.50. The minimum Gasteiger partial charge on any atom is -0.394 e. The Labute approximate surface area is 89.7 Å². The van der Waals surface area contributed by atoms with Gasteiger partial charge >= 0.3 is 0 Å². The molecule has 10 heavy (non-hydrogen) atoms. The first-order chi connectivity index (χ1) is 3.95. The molecular formula is C9H14Y-2. The predicted molar refractivity (Wildman–Crippen MR) is 40.8 cm³/mol. The van der Waals surface area contributed by atoms with Gasteiger partial charge in [0, 0.05) is 32.7 Å². The quantitative estimate of drug-likeness (QED) is 0.486. The summed E-state index contributed by atoms with van der Waals surface area (Å²) in [5, 5.41) is 0. The second-order valence-corrected chi connectivity index (χ2v) is 3.48. The van der Waals surface area contributed by atoms with E-state index in [1.165, 1.54) is 6.08 Å². The monoisotopic (exact) mass is 211 g/mol. The Hall–Kier alpha value is 0.584. The summed E-state index contributed by atoms with van der Waals surface area (Å²) in [6.07, 6.45) is 2.33. The summed E-state index contributed by atoms with van der Waals surface area (Å²) in [5.74, 6) is 0. The summed E-state index contributed by atoms with van der Waals surface area (Å²) < 4.78 is 0. The molecule has 0 aromatic carbocycles. The largest absolute Gasteiger partial charge is 0.394 e. The van der Waals surface area contributed by atoms with Crippen LogP contribution in [0.2, 0.25) is 0 Å². The van der Waals surface area contributed by atoms with Crippen LogP contribution in [0.25, 0.3) is 0 Å². The number of hydrogen-bond acceptors (Lipinski definition) is 0. The SMILES string of the molecule is [CH-]=CC(=[CH-])CC(C)(C)C.[Y]. The molecule has 1 heteroatoms. The molecule has 0 N–H and O–H groups in total. The van der Waals surface area contributed by atoms with Crippen molar-refractivity contribution in [1.82, 2.24) is 0 Å². The van der Waals surface area contributed by atoms with Crippen molar-refractivity contribution in [1.29, 1.82) is 0 Å². The second-order valence-electron chi connectivity index (χ2n) is 3.48. The van der Waals surface area contributed by atoms with E-state index < -0.39 is 0 Å². The van der Waals surface area contributed by atoms with Gasteiger partial charge in [0.2, 0.25) is 0 Å². The van der Waals surface area contributed by atoms with Gasteiger partial charge in [0.25, 0.3) is 0 Å². The van der Waals surface area contributed by atoms with Gasteiger partial charge in [-0.1, -0.05) is 26.2 Å². The van der Waals surface area contributed by atoms with E-state index in [-0.39, 0.29) is 38.1 Å². The van der Waals surface area contributed by atoms with Gasteiger partial charge < -0.3 is 24.8 Å². The van der Waals surface area contributed by atoms with Gasteiger partial charge in [-0.05, 0) is 0 Å². The van der Waals surface area contributed by atoms with Crippen LogP contribution in [0.15, 0.2) is 11.6 Å². The van der Waals surface area contributed by atoms with Crippen LogP contribution in [0.4, 0.5) is 0 Å². The van der Waals surface area contributed by atoms with Crippen LogP contribution in [0.3, 0.4) is 0 Å². The van der Waals surface area contributed by atoms with Gasteiger partial charge in [-0.2, -0.15) is 0 Å². The zero-order valence-electron chi connectivity index (χ0n) is 7.02. The molecule has 1 radical (unpaired) electrons. The summed E-state index contributed by atoms with van der Waals surface area (Å²) in [6.45, 7) is 17.1. The maximum Gasteiger partial charge on any atom is 0 e. The van der Waals surface area contributed by atoms with Gasteiger partial charge in [-0.25, -0.2) is 0 Å². The van der Waals surface area contributed by atoms with Gasteiger partial charge in [-0.15, -0.1) is 6.42 Å². The number of hydrogen-bond donors (Lipinski definition) is 0. The van der Waals surface area contributed by atoms with Gasteiger partial charge in [-0.3, -0.25) is 0 Å². The number of allylic oxidation sites excluding steroid dienone is 2. The Kier molecular flexibility index (Phi) is 6.94. The zero-order chi connectivity index (χ0) is 7.49. The van der Waals surface area contributed by atoms with E-state index in [1.54, 1.807) is 0 Å². The topological polar surface area (TPSA) is 0 Å². The maximum absolute atomic E-state index is 5.50. The average Bonchev–Trinajstić information content (AvgIpc) is 1.62. The minimum atomic E-state index is 0. The Morgan fingerprint density at radius 3 is 1.90 bits per heavy atom. The molecular weight excluding hydrogens is 197 g/mol. The summed E-state index contributed by atoms with van der Waals surface area (Å²) in [6, 6.07) is 0. The third-order valence-corrected chi connectivity index (χ3v) is 0.949. The van der Waals surface area contributed by atoms with Crippen LogP contribution in [0.1, 0.15) is 27.2 Å². The molecule has 0 heterocycles. The molecule has 0 unspecified atom stereocenters. The molecule has 0 aliphatic heterocycles. The smallest absolute Gasteiger partial charge is 0 e. The normalized spacial score (nSPS) is 9.90. The first kappa shape index (κ1) is 13.2. The van der Waals surface area contributed by atoms with Crippen LogP contribution in [-0.2, 0) is 32.7 Å². The van der Waals surface area contributed by atoms with E-state index in [0.29, 0.717) is 0 Å². The predicted octanol–water partition coefficient (Wildman–Crippen LogP) is 2.77. The molecule has 0 aliphatic rings. The molecule has 0 spiro atoms.